The number of rotatable bonds is 4. The van der Waals surface area contributed by atoms with Gasteiger partial charge < -0.3 is 10.2 Å². The Morgan fingerprint density at radius 3 is 2.50 bits per heavy atom. The van der Waals surface area contributed by atoms with E-state index in [0.29, 0.717) is 5.56 Å². The zero-order valence-electron chi connectivity index (χ0n) is 13.8. The second-order valence-electron chi connectivity index (χ2n) is 6.33. The van der Waals surface area contributed by atoms with Crippen molar-refractivity contribution in [3.63, 3.8) is 0 Å². The van der Waals surface area contributed by atoms with Gasteiger partial charge in [-0.2, -0.15) is 0 Å². The molecule has 0 atom stereocenters. The van der Waals surface area contributed by atoms with Gasteiger partial charge in [-0.3, -0.25) is 4.79 Å². The highest BCUT2D eigenvalue weighted by Crippen LogP contribution is 2.41. The number of anilines is 1. The van der Waals surface area contributed by atoms with Gasteiger partial charge in [0, 0.05) is 29.6 Å². The smallest absolute Gasteiger partial charge is 0.198 e. The van der Waals surface area contributed by atoms with E-state index in [1.807, 2.05) is 62.6 Å². The molecular weight excluding hydrogens is 298 g/mol. The molecule has 1 aliphatic carbocycles. The van der Waals surface area contributed by atoms with E-state index in [-0.39, 0.29) is 5.78 Å². The van der Waals surface area contributed by atoms with Crippen molar-refractivity contribution in [2.75, 3.05) is 32.5 Å². The SMILES string of the molecule is CN(C)CCNc1c2c(nc3ccccc13)-c1ccccc1C2=O. The lowest BCUT2D eigenvalue weighted by atomic mass is 10.0. The Balaban J connectivity index is 1.92. The van der Waals surface area contributed by atoms with Crippen LogP contribution in [0.15, 0.2) is 48.5 Å². The lowest BCUT2D eigenvalue weighted by molar-refractivity contribution is 0.104. The fourth-order valence-corrected chi connectivity index (χ4v) is 3.24. The van der Waals surface area contributed by atoms with Crippen LogP contribution in [0.2, 0.25) is 0 Å². The van der Waals surface area contributed by atoms with Crippen LogP contribution in [0.25, 0.3) is 22.2 Å². The summed E-state index contributed by atoms with van der Waals surface area (Å²) < 4.78 is 0. The molecule has 2 aromatic carbocycles. The van der Waals surface area contributed by atoms with E-state index in [1.54, 1.807) is 0 Å². The molecule has 1 aromatic heterocycles. The number of ketones is 1. The molecule has 4 rings (SSSR count). The van der Waals surface area contributed by atoms with Crippen molar-refractivity contribution < 1.29 is 4.79 Å². The van der Waals surface area contributed by atoms with Crippen LogP contribution in [0, 0.1) is 0 Å². The lowest BCUT2D eigenvalue weighted by Crippen LogP contribution is -2.21. The first kappa shape index (κ1) is 14.8. The van der Waals surface area contributed by atoms with Gasteiger partial charge >= 0.3 is 0 Å². The van der Waals surface area contributed by atoms with Crippen molar-refractivity contribution in [2.24, 2.45) is 0 Å². The summed E-state index contributed by atoms with van der Waals surface area (Å²) in [4.78, 5) is 19.9. The quantitative estimate of drug-likeness (QED) is 0.626. The van der Waals surface area contributed by atoms with Gasteiger partial charge in [-0.25, -0.2) is 4.98 Å². The van der Waals surface area contributed by atoms with Crippen LogP contribution in [0.5, 0.6) is 0 Å². The third-order valence-corrected chi connectivity index (χ3v) is 4.41. The Bertz CT molecular complexity index is 947. The first-order valence-electron chi connectivity index (χ1n) is 8.12. The maximum atomic E-state index is 13.0. The summed E-state index contributed by atoms with van der Waals surface area (Å²) in [5, 5.41) is 4.48. The fourth-order valence-electron chi connectivity index (χ4n) is 3.24. The van der Waals surface area contributed by atoms with Crippen molar-refractivity contribution in [3.8, 4) is 11.3 Å². The topological polar surface area (TPSA) is 45.2 Å². The lowest BCUT2D eigenvalue weighted by Gasteiger charge is -2.16. The molecule has 0 saturated carbocycles. The van der Waals surface area contributed by atoms with Gasteiger partial charge in [0.1, 0.15) is 0 Å². The average Bonchev–Trinajstić information content (AvgIpc) is 2.87. The molecule has 0 fully saturated rings. The molecule has 0 radical (unpaired) electrons. The molecular formula is C20H19N3O. The average molecular weight is 317 g/mol. The summed E-state index contributed by atoms with van der Waals surface area (Å²) in [7, 11) is 4.08. The number of para-hydroxylation sites is 1. The van der Waals surface area contributed by atoms with Crippen LogP contribution >= 0.6 is 0 Å². The van der Waals surface area contributed by atoms with Gasteiger partial charge in [0.2, 0.25) is 0 Å². The highest BCUT2D eigenvalue weighted by atomic mass is 16.1. The second-order valence-corrected chi connectivity index (χ2v) is 6.33. The van der Waals surface area contributed by atoms with Crippen molar-refractivity contribution >= 4 is 22.4 Å². The molecule has 0 amide bonds. The number of nitrogens with one attached hydrogen (secondary N) is 1. The molecule has 1 heterocycles. The Morgan fingerprint density at radius 1 is 1.00 bits per heavy atom. The van der Waals surface area contributed by atoms with Crippen LogP contribution < -0.4 is 5.32 Å². The minimum atomic E-state index is 0.0613. The molecule has 4 heteroatoms. The van der Waals surface area contributed by atoms with E-state index >= 15 is 0 Å². The number of fused-ring (bicyclic) bond motifs is 4. The molecule has 0 unspecified atom stereocenters. The number of benzene rings is 2. The first-order chi connectivity index (χ1) is 11.7. The standard InChI is InChI=1S/C20H19N3O/c1-23(2)12-11-21-18-15-9-5-6-10-16(15)22-19-13-7-3-4-8-14(13)20(24)17(18)19/h3-10H,11-12H2,1-2H3,(H,21,22). The monoisotopic (exact) mass is 317 g/mol. The molecule has 0 saturated heterocycles. The van der Waals surface area contributed by atoms with Crippen LogP contribution in [0.1, 0.15) is 15.9 Å². The largest absolute Gasteiger partial charge is 0.383 e. The predicted molar refractivity (Wildman–Crippen MR) is 97.7 cm³/mol. The molecule has 0 bridgehead atoms. The number of hydrogen-bond acceptors (Lipinski definition) is 4. The third-order valence-electron chi connectivity index (χ3n) is 4.41. The first-order valence-corrected chi connectivity index (χ1v) is 8.12. The zero-order chi connectivity index (χ0) is 16.7. The fraction of sp³-hybridized carbons (Fsp3) is 0.200. The number of carbonyl (C=O) groups excluding carboxylic acids is 1. The Hall–Kier alpha value is -2.72. The van der Waals surface area contributed by atoms with Gasteiger partial charge in [0.25, 0.3) is 0 Å². The Morgan fingerprint density at radius 2 is 1.71 bits per heavy atom. The molecule has 24 heavy (non-hydrogen) atoms. The van der Waals surface area contributed by atoms with E-state index in [9.17, 15) is 4.79 Å². The predicted octanol–water partition coefficient (Wildman–Crippen LogP) is 3.42. The zero-order valence-corrected chi connectivity index (χ0v) is 13.8. The minimum Gasteiger partial charge on any atom is -0.383 e. The number of nitrogens with zero attached hydrogens (tertiary/aromatic N) is 2. The number of aromatic nitrogens is 1. The Kier molecular flexibility index (Phi) is 3.54. The molecule has 4 nitrogen and oxygen atoms in total. The van der Waals surface area contributed by atoms with Gasteiger partial charge in [0.15, 0.2) is 5.78 Å². The summed E-state index contributed by atoms with van der Waals surface area (Å²) in [5.41, 5.74) is 4.98. The van der Waals surface area contributed by atoms with Gasteiger partial charge in [-0.05, 0) is 20.2 Å². The van der Waals surface area contributed by atoms with Gasteiger partial charge in [-0.1, -0.05) is 42.5 Å². The number of carbonyl (C=O) groups is 1. The molecule has 1 aliphatic rings. The van der Waals surface area contributed by atoms with E-state index < -0.39 is 0 Å². The highest BCUT2D eigenvalue weighted by molar-refractivity contribution is 6.26. The number of hydrogen-bond donors (Lipinski definition) is 1. The van der Waals surface area contributed by atoms with Crippen molar-refractivity contribution in [1.82, 2.24) is 9.88 Å². The molecule has 0 aliphatic heterocycles. The van der Waals surface area contributed by atoms with E-state index in [1.165, 1.54) is 0 Å². The Labute approximate surface area is 141 Å². The molecule has 0 spiro atoms. The van der Waals surface area contributed by atoms with E-state index in [4.69, 9.17) is 4.98 Å². The molecule has 3 aromatic rings. The number of pyridine rings is 1. The maximum Gasteiger partial charge on any atom is 0.198 e. The minimum absolute atomic E-state index is 0.0613. The summed E-state index contributed by atoms with van der Waals surface area (Å²) in [6.45, 7) is 1.67. The van der Waals surface area contributed by atoms with Crippen molar-refractivity contribution in [1.29, 1.82) is 0 Å². The molecule has 120 valence electrons. The van der Waals surface area contributed by atoms with Crippen molar-refractivity contribution in [3.05, 3.63) is 59.7 Å². The summed E-state index contributed by atoms with van der Waals surface area (Å²) in [6.07, 6.45) is 0. The summed E-state index contributed by atoms with van der Waals surface area (Å²) >= 11 is 0. The summed E-state index contributed by atoms with van der Waals surface area (Å²) in [5.74, 6) is 0.0613. The van der Waals surface area contributed by atoms with Gasteiger partial charge in [-0.15, -0.1) is 0 Å². The van der Waals surface area contributed by atoms with Crippen LogP contribution in [0.3, 0.4) is 0 Å². The van der Waals surface area contributed by atoms with Gasteiger partial charge in [0.05, 0.1) is 22.5 Å². The van der Waals surface area contributed by atoms with Crippen LogP contribution in [0.4, 0.5) is 5.69 Å². The second kappa shape index (κ2) is 5.73. The number of likely N-dealkylation sites (N-methyl/N-ethyl adjacent to an activating group) is 1. The van der Waals surface area contributed by atoms with E-state index in [0.717, 1.165) is 46.5 Å². The normalized spacial score (nSPS) is 12.5. The van der Waals surface area contributed by atoms with Crippen LogP contribution in [-0.4, -0.2) is 42.9 Å². The molecule has 1 N–H and O–H groups in total. The van der Waals surface area contributed by atoms with E-state index in [2.05, 4.69) is 10.2 Å². The summed E-state index contributed by atoms with van der Waals surface area (Å²) in [6, 6.07) is 15.7. The van der Waals surface area contributed by atoms with Crippen molar-refractivity contribution in [2.45, 2.75) is 0 Å². The maximum absolute atomic E-state index is 13.0. The third kappa shape index (κ3) is 2.27. The van der Waals surface area contributed by atoms with Crippen LogP contribution in [-0.2, 0) is 0 Å². The highest BCUT2D eigenvalue weighted by Gasteiger charge is 2.31.